The SMILES string of the molecule is CNCC(=O)c1ccnc(S(C)(=O)=O)n1. The summed E-state index contributed by atoms with van der Waals surface area (Å²) >= 11 is 0. The van der Waals surface area contributed by atoms with Gasteiger partial charge in [0.05, 0.1) is 6.54 Å². The maximum absolute atomic E-state index is 11.4. The number of likely N-dealkylation sites (N-methyl/N-ethyl adjacent to an activating group) is 1. The first-order chi connectivity index (χ1) is 6.95. The van der Waals surface area contributed by atoms with Crippen molar-refractivity contribution in [3.05, 3.63) is 18.0 Å². The van der Waals surface area contributed by atoms with Crippen LogP contribution in [0.1, 0.15) is 10.5 Å². The van der Waals surface area contributed by atoms with E-state index >= 15 is 0 Å². The van der Waals surface area contributed by atoms with Gasteiger partial charge < -0.3 is 5.32 Å². The number of aromatic nitrogens is 2. The molecule has 0 saturated carbocycles. The Balaban J connectivity index is 3.09. The summed E-state index contributed by atoms with van der Waals surface area (Å²) in [6, 6.07) is 1.38. The molecule has 0 unspecified atom stereocenters. The summed E-state index contributed by atoms with van der Waals surface area (Å²) in [6.45, 7) is 0.111. The van der Waals surface area contributed by atoms with E-state index in [9.17, 15) is 13.2 Å². The highest BCUT2D eigenvalue weighted by atomic mass is 32.2. The summed E-state index contributed by atoms with van der Waals surface area (Å²) in [5.74, 6) is -0.273. The van der Waals surface area contributed by atoms with Gasteiger partial charge in [-0.15, -0.1) is 0 Å². The zero-order valence-electron chi connectivity index (χ0n) is 8.39. The van der Waals surface area contributed by atoms with Crippen molar-refractivity contribution >= 4 is 15.6 Å². The Labute approximate surface area is 87.7 Å². The van der Waals surface area contributed by atoms with Crippen LogP contribution < -0.4 is 5.32 Å². The van der Waals surface area contributed by atoms with Crippen LogP contribution in [0.2, 0.25) is 0 Å². The summed E-state index contributed by atoms with van der Waals surface area (Å²) in [7, 11) is -1.85. The Kier molecular flexibility index (Phi) is 3.48. The van der Waals surface area contributed by atoms with Gasteiger partial charge in [0, 0.05) is 12.5 Å². The molecule has 0 amide bonds. The molecule has 0 atom stereocenters. The van der Waals surface area contributed by atoms with Crippen LogP contribution in [-0.2, 0) is 9.84 Å². The quantitative estimate of drug-likeness (QED) is 0.541. The predicted octanol–water partition coefficient (Wildman–Crippen LogP) is -0.718. The highest BCUT2D eigenvalue weighted by Gasteiger charge is 2.14. The second-order valence-electron chi connectivity index (χ2n) is 2.95. The monoisotopic (exact) mass is 229 g/mol. The van der Waals surface area contributed by atoms with Crippen LogP contribution >= 0.6 is 0 Å². The molecule has 1 rings (SSSR count). The Hall–Kier alpha value is -1.34. The maximum atomic E-state index is 11.4. The van der Waals surface area contributed by atoms with E-state index in [0.29, 0.717) is 0 Å². The number of hydrogen-bond donors (Lipinski definition) is 1. The van der Waals surface area contributed by atoms with Gasteiger partial charge >= 0.3 is 0 Å². The molecule has 0 spiro atoms. The van der Waals surface area contributed by atoms with Gasteiger partial charge in [0.1, 0.15) is 5.69 Å². The number of nitrogens with one attached hydrogen (secondary N) is 1. The van der Waals surface area contributed by atoms with Crippen molar-refractivity contribution in [3.63, 3.8) is 0 Å². The number of Topliss-reactive ketones (excluding diaryl/α,β-unsaturated/α-hetero) is 1. The Morgan fingerprint density at radius 3 is 2.73 bits per heavy atom. The molecule has 1 aromatic rings. The average molecular weight is 229 g/mol. The minimum Gasteiger partial charge on any atom is -0.313 e. The maximum Gasteiger partial charge on any atom is 0.247 e. The van der Waals surface area contributed by atoms with Gasteiger partial charge in [-0.2, -0.15) is 0 Å². The Morgan fingerprint density at radius 2 is 2.20 bits per heavy atom. The van der Waals surface area contributed by atoms with E-state index in [0.717, 1.165) is 6.26 Å². The topological polar surface area (TPSA) is 89.0 Å². The van der Waals surface area contributed by atoms with E-state index in [4.69, 9.17) is 0 Å². The molecule has 0 radical (unpaired) electrons. The molecule has 0 saturated heterocycles. The number of nitrogens with zero attached hydrogens (tertiary/aromatic N) is 2. The van der Waals surface area contributed by atoms with Crippen LogP contribution in [-0.4, -0.2) is 44.0 Å². The smallest absolute Gasteiger partial charge is 0.247 e. The van der Waals surface area contributed by atoms with Crippen molar-refractivity contribution in [2.75, 3.05) is 19.8 Å². The Morgan fingerprint density at radius 1 is 1.53 bits per heavy atom. The molecule has 0 aliphatic carbocycles. The molecule has 82 valence electrons. The van der Waals surface area contributed by atoms with E-state index < -0.39 is 9.84 Å². The van der Waals surface area contributed by atoms with Crippen LogP contribution in [0.25, 0.3) is 0 Å². The Bertz CT molecular complexity index is 470. The molecule has 1 N–H and O–H groups in total. The summed E-state index contributed by atoms with van der Waals surface area (Å²) < 4.78 is 22.2. The van der Waals surface area contributed by atoms with Gasteiger partial charge in [-0.3, -0.25) is 4.79 Å². The minimum absolute atomic E-state index is 0.0970. The normalized spacial score (nSPS) is 11.3. The first-order valence-corrected chi connectivity index (χ1v) is 6.05. The van der Waals surface area contributed by atoms with E-state index in [1.54, 1.807) is 7.05 Å². The first kappa shape index (κ1) is 11.7. The van der Waals surface area contributed by atoms with Crippen LogP contribution in [0.5, 0.6) is 0 Å². The lowest BCUT2D eigenvalue weighted by atomic mass is 10.3. The molecule has 0 aliphatic rings. The molecule has 15 heavy (non-hydrogen) atoms. The number of rotatable bonds is 4. The minimum atomic E-state index is -3.47. The van der Waals surface area contributed by atoms with Crippen molar-refractivity contribution in [2.45, 2.75) is 5.16 Å². The van der Waals surface area contributed by atoms with Gasteiger partial charge in [0.15, 0.2) is 5.78 Å². The van der Waals surface area contributed by atoms with Crippen LogP contribution in [0.3, 0.4) is 0 Å². The summed E-state index contributed by atoms with van der Waals surface area (Å²) in [5, 5.41) is 2.34. The summed E-state index contributed by atoms with van der Waals surface area (Å²) in [6.07, 6.45) is 2.25. The number of hydrogen-bond acceptors (Lipinski definition) is 6. The third-order valence-corrected chi connectivity index (χ3v) is 2.45. The van der Waals surface area contributed by atoms with Crippen LogP contribution in [0, 0.1) is 0 Å². The van der Waals surface area contributed by atoms with Crippen LogP contribution in [0.15, 0.2) is 17.4 Å². The molecule has 0 fully saturated rings. The van der Waals surface area contributed by atoms with Gasteiger partial charge in [-0.1, -0.05) is 0 Å². The number of sulfone groups is 1. The molecule has 1 heterocycles. The molecule has 1 aromatic heterocycles. The molecule has 6 nitrogen and oxygen atoms in total. The van der Waals surface area contributed by atoms with E-state index in [2.05, 4.69) is 15.3 Å². The standard InChI is InChI=1S/C8H11N3O3S/c1-9-5-7(12)6-3-4-10-8(11-6)15(2,13)14/h3-4,9H,5H2,1-2H3. The first-order valence-electron chi connectivity index (χ1n) is 4.16. The van der Waals surface area contributed by atoms with Gasteiger partial charge in [0.25, 0.3) is 0 Å². The fourth-order valence-electron chi connectivity index (χ4n) is 0.926. The van der Waals surface area contributed by atoms with Crippen molar-refractivity contribution in [3.8, 4) is 0 Å². The van der Waals surface area contributed by atoms with Gasteiger partial charge in [-0.25, -0.2) is 18.4 Å². The highest BCUT2D eigenvalue weighted by Crippen LogP contribution is 2.02. The largest absolute Gasteiger partial charge is 0.313 e. The predicted molar refractivity (Wildman–Crippen MR) is 53.4 cm³/mol. The third kappa shape index (κ3) is 3.07. The van der Waals surface area contributed by atoms with Crippen LogP contribution in [0.4, 0.5) is 0 Å². The average Bonchev–Trinajstić information content (AvgIpc) is 2.17. The second-order valence-corrected chi connectivity index (χ2v) is 4.86. The van der Waals surface area contributed by atoms with Crippen molar-refractivity contribution < 1.29 is 13.2 Å². The molecule has 0 aromatic carbocycles. The van der Waals surface area contributed by atoms with Crippen molar-refractivity contribution in [1.29, 1.82) is 0 Å². The van der Waals surface area contributed by atoms with E-state index in [1.165, 1.54) is 12.3 Å². The van der Waals surface area contributed by atoms with Gasteiger partial charge in [0.2, 0.25) is 15.0 Å². The molecule has 0 aliphatic heterocycles. The molecule has 0 bridgehead atoms. The zero-order chi connectivity index (χ0) is 11.5. The van der Waals surface area contributed by atoms with Crippen molar-refractivity contribution in [2.24, 2.45) is 0 Å². The lowest BCUT2D eigenvalue weighted by molar-refractivity contribution is 0.0988. The zero-order valence-corrected chi connectivity index (χ0v) is 9.21. The third-order valence-electron chi connectivity index (χ3n) is 1.59. The lowest BCUT2D eigenvalue weighted by Crippen LogP contribution is -2.20. The highest BCUT2D eigenvalue weighted by molar-refractivity contribution is 7.90. The molecular formula is C8H11N3O3S. The van der Waals surface area contributed by atoms with E-state index in [1.807, 2.05) is 0 Å². The number of ketones is 1. The number of carbonyl (C=O) groups excluding carboxylic acids is 1. The fourth-order valence-corrected chi connectivity index (χ4v) is 1.44. The molecular weight excluding hydrogens is 218 g/mol. The molecule has 7 heteroatoms. The fraction of sp³-hybridized carbons (Fsp3) is 0.375. The van der Waals surface area contributed by atoms with Gasteiger partial charge in [-0.05, 0) is 13.1 Å². The van der Waals surface area contributed by atoms with E-state index in [-0.39, 0.29) is 23.2 Å². The second kappa shape index (κ2) is 4.45. The van der Waals surface area contributed by atoms with Crippen molar-refractivity contribution in [1.82, 2.24) is 15.3 Å². The summed E-state index contributed by atoms with van der Waals surface area (Å²) in [4.78, 5) is 18.6. The lowest BCUT2D eigenvalue weighted by Gasteiger charge is -2.00. The number of carbonyl (C=O) groups is 1. The summed E-state index contributed by atoms with van der Waals surface area (Å²) in [5.41, 5.74) is 0.0970.